The smallest absolute Gasteiger partial charge is 0.219 e. The first-order valence-corrected chi connectivity index (χ1v) is 6.95. The Labute approximate surface area is 125 Å². The SMILES string of the molecule is Cc1cc(Oc2cc(CN)cc(C(C)(C)C)n2)ccc1F. The summed E-state index contributed by atoms with van der Waals surface area (Å²) in [6, 6.07) is 8.44. The van der Waals surface area contributed by atoms with Crippen LogP contribution in [0.2, 0.25) is 0 Å². The number of benzene rings is 1. The number of hydrogen-bond acceptors (Lipinski definition) is 3. The second kappa shape index (κ2) is 5.82. The van der Waals surface area contributed by atoms with Crippen molar-refractivity contribution in [3.8, 4) is 11.6 Å². The highest BCUT2D eigenvalue weighted by atomic mass is 19.1. The van der Waals surface area contributed by atoms with Gasteiger partial charge in [-0.25, -0.2) is 9.37 Å². The minimum absolute atomic E-state index is 0.0952. The standard InChI is InChI=1S/C17H21FN2O/c1-11-7-13(5-6-14(11)18)21-16-9-12(10-19)8-15(20-16)17(2,3)4/h5-9H,10,19H2,1-4H3. The summed E-state index contributed by atoms with van der Waals surface area (Å²) < 4.78 is 19.0. The molecule has 0 radical (unpaired) electrons. The van der Waals surface area contributed by atoms with Crippen molar-refractivity contribution in [2.45, 2.75) is 39.7 Å². The lowest BCUT2D eigenvalue weighted by molar-refractivity contribution is 0.449. The number of ether oxygens (including phenoxy) is 1. The van der Waals surface area contributed by atoms with Crippen LogP contribution in [0.5, 0.6) is 11.6 Å². The summed E-state index contributed by atoms with van der Waals surface area (Å²) in [7, 11) is 0. The van der Waals surface area contributed by atoms with E-state index in [9.17, 15) is 4.39 Å². The van der Waals surface area contributed by atoms with Crippen LogP contribution in [0.1, 0.15) is 37.6 Å². The van der Waals surface area contributed by atoms with Gasteiger partial charge in [0.05, 0.1) is 5.69 Å². The molecular weight excluding hydrogens is 267 g/mol. The largest absolute Gasteiger partial charge is 0.439 e. The molecule has 0 unspecified atom stereocenters. The van der Waals surface area contributed by atoms with Crippen LogP contribution in [0.25, 0.3) is 0 Å². The van der Waals surface area contributed by atoms with Gasteiger partial charge in [-0.1, -0.05) is 20.8 Å². The lowest BCUT2D eigenvalue weighted by Gasteiger charge is -2.19. The van der Waals surface area contributed by atoms with E-state index < -0.39 is 0 Å². The number of nitrogens with two attached hydrogens (primary N) is 1. The van der Waals surface area contributed by atoms with E-state index in [4.69, 9.17) is 10.5 Å². The van der Waals surface area contributed by atoms with Crippen LogP contribution in [-0.2, 0) is 12.0 Å². The Bertz CT molecular complexity index is 648. The number of halogens is 1. The van der Waals surface area contributed by atoms with Crippen molar-refractivity contribution in [1.82, 2.24) is 4.98 Å². The van der Waals surface area contributed by atoms with Crippen molar-refractivity contribution in [2.24, 2.45) is 5.73 Å². The molecule has 0 spiro atoms. The highest BCUT2D eigenvalue weighted by Crippen LogP contribution is 2.27. The van der Waals surface area contributed by atoms with E-state index in [-0.39, 0.29) is 11.2 Å². The van der Waals surface area contributed by atoms with E-state index in [0.29, 0.717) is 23.7 Å². The molecule has 0 atom stereocenters. The maximum Gasteiger partial charge on any atom is 0.219 e. The Morgan fingerprint density at radius 1 is 1.19 bits per heavy atom. The van der Waals surface area contributed by atoms with Crippen molar-refractivity contribution in [3.05, 3.63) is 53.0 Å². The maximum atomic E-state index is 13.3. The average molecular weight is 288 g/mol. The predicted octanol–water partition coefficient (Wildman–Crippen LogP) is 4.08. The molecule has 0 amide bonds. The lowest BCUT2D eigenvalue weighted by Crippen LogP contribution is -2.15. The predicted molar refractivity (Wildman–Crippen MR) is 82.0 cm³/mol. The van der Waals surface area contributed by atoms with E-state index in [2.05, 4.69) is 25.8 Å². The van der Waals surface area contributed by atoms with Crippen molar-refractivity contribution >= 4 is 0 Å². The van der Waals surface area contributed by atoms with Gasteiger partial charge < -0.3 is 10.5 Å². The summed E-state index contributed by atoms with van der Waals surface area (Å²) in [4.78, 5) is 4.53. The van der Waals surface area contributed by atoms with E-state index in [0.717, 1.165) is 11.3 Å². The van der Waals surface area contributed by atoms with E-state index in [1.54, 1.807) is 19.1 Å². The molecule has 0 saturated heterocycles. The fraction of sp³-hybridized carbons (Fsp3) is 0.353. The fourth-order valence-electron chi connectivity index (χ4n) is 1.91. The Balaban J connectivity index is 2.36. The van der Waals surface area contributed by atoms with E-state index in [1.165, 1.54) is 6.07 Å². The monoisotopic (exact) mass is 288 g/mol. The van der Waals surface area contributed by atoms with Crippen LogP contribution in [0.4, 0.5) is 4.39 Å². The first-order valence-electron chi connectivity index (χ1n) is 6.95. The molecule has 21 heavy (non-hydrogen) atoms. The summed E-state index contributed by atoms with van der Waals surface area (Å²) >= 11 is 0. The highest BCUT2D eigenvalue weighted by molar-refractivity contribution is 5.34. The van der Waals surface area contributed by atoms with Gasteiger partial charge in [-0.05, 0) is 42.3 Å². The molecule has 0 aliphatic heterocycles. The van der Waals surface area contributed by atoms with Crippen LogP contribution in [0, 0.1) is 12.7 Å². The number of pyridine rings is 1. The minimum Gasteiger partial charge on any atom is -0.439 e. The minimum atomic E-state index is -0.249. The molecule has 0 fully saturated rings. The normalized spacial score (nSPS) is 11.5. The molecule has 1 aromatic carbocycles. The van der Waals surface area contributed by atoms with Gasteiger partial charge in [0.25, 0.3) is 0 Å². The first kappa shape index (κ1) is 15.4. The molecule has 0 bridgehead atoms. The summed E-state index contributed by atoms with van der Waals surface area (Å²) in [6.45, 7) is 8.38. The van der Waals surface area contributed by atoms with Crippen LogP contribution in [-0.4, -0.2) is 4.98 Å². The third kappa shape index (κ3) is 3.79. The third-order valence-corrected chi connectivity index (χ3v) is 3.22. The topological polar surface area (TPSA) is 48.1 Å². The number of hydrogen-bond donors (Lipinski definition) is 1. The summed E-state index contributed by atoms with van der Waals surface area (Å²) in [5.74, 6) is 0.797. The molecule has 0 aliphatic rings. The van der Waals surface area contributed by atoms with Gasteiger partial charge in [0.15, 0.2) is 0 Å². The number of rotatable bonds is 3. The van der Waals surface area contributed by atoms with Gasteiger partial charge in [0.1, 0.15) is 11.6 Å². The fourth-order valence-corrected chi connectivity index (χ4v) is 1.91. The quantitative estimate of drug-likeness (QED) is 0.925. The van der Waals surface area contributed by atoms with Gasteiger partial charge in [0.2, 0.25) is 5.88 Å². The van der Waals surface area contributed by atoms with Gasteiger partial charge in [-0.3, -0.25) is 0 Å². The molecule has 1 aromatic heterocycles. The van der Waals surface area contributed by atoms with E-state index in [1.807, 2.05) is 12.1 Å². The van der Waals surface area contributed by atoms with Crippen LogP contribution in [0.15, 0.2) is 30.3 Å². The van der Waals surface area contributed by atoms with E-state index >= 15 is 0 Å². The van der Waals surface area contributed by atoms with Gasteiger partial charge >= 0.3 is 0 Å². The Morgan fingerprint density at radius 3 is 2.48 bits per heavy atom. The highest BCUT2D eigenvalue weighted by Gasteiger charge is 2.17. The van der Waals surface area contributed by atoms with Crippen LogP contribution in [0.3, 0.4) is 0 Å². The zero-order valence-electron chi connectivity index (χ0n) is 12.9. The molecular formula is C17H21FN2O. The number of aromatic nitrogens is 1. The summed E-state index contributed by atoms with van der Waals surface area (Å²) in [5, 5.41) is 0. The number of aryl methyl sites for hydroxylation is 1. The van der Waals surface area contributed by atoms with Gasteiger partial charge in [-0.15, -0.1) is 0 Å². The molecule has 0 saturated carbocycles. The number of nitrogens with zero attached hydrogens (tertiary/aromatic N) is 1. The van der Waals surface area contributed by atoms with Gasteiger partial charge in [0, 0.05) is 18.0 Å². The molecule has 2 rings (SSSR count). The van der Waals surface area contributed by atoms with Crippen molar-refractivity contribution in [2.75, 3.05) is 0 Å². The molecule has 0 aliphatic carbocycles. The lowest BCUT2D eigenvalue weighted by atomic mass is 9.91. The van der Waals surface area contributed by atoms with Crippen LogP contribution >= 0.6 is 0 Å². The average Bonchev–Trinajstić information content (AvgIpc) is 2.41. The Kier molecular flexibility index (Phi) is 4.28. The second-order valence-corrected chi connectivity index (χ2v) is 6.17. The third-order valence-electron chi connectivity index (χ3n) is 3.22. The maximum absolute atomic E-state index is 13.3. The van der Waals surface area contributed by atoms with Crippen molar-refractivity contribution < 1.29 is 9.13 Å². The summed E-state index contributed by atoms with van der Waals surface area (Å²) in [5.41, 5.74) is 8.06. The Morgan fingerprint density at radius 2 is 1.90 bits per heavy atom. The molecule has 2 aromatic rings. The Hall–Kier alpha value is -1.94. The zero-order chi connectivity index (χ0) is 15.6. The molecule has 2 N–H and O–H groups in total. The van der Waals surface area contributed by atoms with Crippen molar-refractivity contribution in [3.63, 3.8) is 0 Å². The van der Waals surface area contributed by atoms with Gasteiger partial charge in [-0.2, -0.15) is 0 Å². The molecule has 3 nitrogen and oxygen atoms in total. The van der Waals surface area contributed by atoms with Crippen molar-refractivity contribution in [1.29, 1.82) is 0 Å². The second-order valence-electron chi connectivity index (χ2n) is 6.17. The first-order chi connectivity index (χ1) is 9.79. The molecule has 4 heteroatoms. The molecule has 112 valence electrons. The molecule has 1 heterocycles. The van der Waals surface area contributed by atoms with Crippen LogP contribution < -0.4 is 10.5 Å². The zero-order valence-corrected chi connectivity index (χ0v) is 12.9. The summed E-state index contributed by atoms with van der Waals surface area (Å²) in [6.07, 6.45) is 0.